The Balaban J connectivity index is 2.42. The van der Waals surface area contributed by atoms with E-state index in [1.807, 2.05) is 26.0 Å². The fourth-order valence-corrected chi connectivity index (χ4v) is 1.48. The molecule has 0 aliphatic rings. The maximum absolute atomic E-state index is 11.4. The lowest BCUT2D eigenvalue weighted by Crippen LogP contribution is -2.31. The molecule has 18 heavy (non-hydrogen) atoms. The number of aromatic nitrogens is 1. The first kappa shape index (κ1) is 14.4. The molecular weight excluding hydrogens is 248 g/mol. The molecule has 4 N–H and O–H groups in total. The molecule has 98 valence electrons. The predicted octanol–water partition coefficient (Wildman–Crippen LogP) is 1.04. The van der Waals surface area contributed by atoms with Gasteiger partial charge in [0.05, 0.1) is 5.69 Å². The van der Waals surface area contributed by atoms with Crippen LogP contribution < -0.4 is 16.4 Å². The fourth-order valence-electron chi connectivity index (χ4n) is 1.37. The highest BCUT2D eigenvalue weighted by Gasteiger charge is 2.03. The fraction of sp³-hybridized carbons (Fsp3) is 0.417. The molecule has 0 unspecified atom stereocenters. The van der Waals surface area contributed by atoms with Crippen LogP contribution in [0.3, 0.4) is 0 Å². The van der Waals surface area contributed by atoms with Gasteiger partial charge >= 0.3 is 0 Å². The molecule has 0 radical (unpaired) electrons. The third kappa shape index (κ3) is 5.09. The number of hydrogen-bond acceptors (Lipinski definition) is 4. The van der Waals surface area contributed by atoms with Crippen LogP contribution in [0, 0.1) is 0 Å². The highest BCUT2D eigenvalue weighted by Crippen LogP contribution is 2.04. The second-order valence-electron chi connectivity index (χ2n) is 4.17. The SMILES string of the molecule is CC(C)NC(=O)CCNc1cccc(C(N)=S)n1. The van der Waals surface area contributed by atoms with Crippen LogP contribution in [-0.4, -0.2) is 28.5 Å². The van der Waals surface area contributed by atoms with Gasteiger partial charge in [-0.15, -0.1) is 0 Å². The molecule has 0 aliphatic carbocycles. The zero-order valence-electron chi connectivity index (χ0n) is 10.6. The average molecular weight is 266 g/mol. The molecule has 0 atom stereocenters. The van der Waals surface area contributed by atoms with Crippen LogP contribution in [0.2, 0.25) is 0 Å². The van der Waals surface area contributed by atoms with Gasteiger partial charge in [-0.25, -0.2) is 4.98 Å². The molecule has 0 aliphatic heterocycles. The summed E-state index contributed by atoms with van der Waals surface area (Å²) in [6, 6.07) is 5.53. The smallest absolute Gasteiger partial charge is 0.221 e. The van der Waals surface area contributed by atoms with Crippen molar-refractivity contribution in [1.82, 2.24) is 10.3 Å². The van der Waals surface area contributed by atoms with Crippen molar-refractivity contribution in [1.29, 1.82) is 0 Å². The number of carbonyl (C=O) groups excluding carboxylic acids is 1. The van der Waals surface area contributed by atoms with Gasteiger partial charge in [0.2, 0.25) is 5.91 Å². The molecule has 6 heteroatoms. The minimum atomic E-state index is 0.0167. The molecule has 1 rings (SSSR count). The highest BCUT2D eigenvalue weighted by atomic mass is 32.1. The molecule has 5 nitrogen and oxygen atoms in total. The summed E-state index contributed by atoms with van der Waals surface area (Å²) < 4.78 is 0. The van der Waals surface area contributed by atoms with Crippen molar-refractivity contribution in [2.45, 2.75) is 26.3 Å². The number of nitrogens with one attached hydrogen (secondary N) is 2. The Bertz CT molecular complexity index is 434. The van der Waals surface area contributed by atoms with Crippen LogP contribution in [0.5, 0.6) is 0 Å². The predicted molar refractivity (Wildman–Crippen MR) is 76.5 cm³/mol. The molecule has 0 bridgehead atoms. The minimum absolute atomic E-state index is 0.0167. The van der Waals surface area contributed by atoms with Gasteiger partial charge < -0.3 is 16.4 Å². The van der Waals surface area contributed by atoms with E-state index >= 15 is 0 Å². The van der Waals surface area contributed by atoms with Crippen LogP contribution in [0.25, 0.3) is 0 Å². The topological polar surface area (TPSA) is 80.0 Å². The summed E-state index contributed by atoms with van der Waals surface area (Å²) in [5.74, 6) is 0.681. The first-order valence-corrected chi connectivity index (χ1v) is 6.20. The molecular formula is C12H18N4OS. The Morgan fingerprint density at radius 2 is 2.22 bits per heavy atom. The summed E-state index contributed by atoms with van der Waals surface area (Å²) in [4.78, 5) is 15.9. The van der Waals surface area contributed by atoms with Crippen molar-refractivity contribution in [3.05, 3.63) is 23.9 Å². The monoisotopic (exact) mass is 266 g/mol. The van der Waals surface area contributed by atoms with Gasteiger partial charge in [-0.05, 0) is 26.0 Å². The van der Waals surface area contributed by atoms with Gasteiger partial charge in [-0.2, -0.15) is 0 Å². The lowest BCUT2D eigenvalue weighted by atomic mass is 10.3. The lowest BCUT2D eigenvalue weighted by molar-refractivity contribution is -0.121. The molecule has 0 saturated heterocycles. The van der Waals surface area contributed by atoms with Crippen molar-refractivity contribution < 1.29 is 4.79 Å². The molecule has 0 saturated carbocycles. The normalized spacial score (nSPS) is 10.2. The van der Waals surface area contributed by atoms with Crippen molar-refractivity contribution in [3.8, 4) is 0 Å². The van der Waals surface area contributed by atoms with E-state index in [0.29, 0.717) is 24.5 Å². The first-order chi connectivity index (χ1) is 8.49. The summed E-state index contributed by atoms with van der Waals surface area (Å²) in [6.07, 6.45) is 0.400. The van der Waals surface area contributed by atoms with Crippen LogP contribution >= 0.6 is 12.2 Å². The third-order valence-corrected chi connectivity index (χ3v) is 2.32. The number of nitrogens with zero attached hydrogens (tertiary/aromatic N) is 1. The maximum Gasteiger partial charge on any atom is 0.221 e. The quantitative estimate of drug-likeness (QED) is 0.670. The molecule has 1 aromatic heterocycles. The molecule has 1 amide bonds. The van der Waals surface area contributed by atoms with Crippen LogP contribution in [0.1, 0.15) is 26.0 Å². The number of carbonyl (C=O) groups is 1. The van der Waals surface area contributed by atoms with E-state index in [1.54, 1.807) is 6.07 Å². The van der Waals surface area contributed by atoms with E-state index in [-0.39, 0.29) is 16.9 Å². The summed E-state index contributed by atoms with van der Waals surface area (Å²) in [6.45, 7) is 4.38. The number of nitrogens with two attached hydrogens (primary N) is 1. The molecule has 0 fully saturated rings. The second-order valence-corrected chi connectivity index (χ2v) is 4.61. The van der Waals surface area contributed by atoms with E-state index in [9.17, 15) is 4.79 Å². The summed E-state index contributed by atoms with van der Waals surface area (Å²) in [5, 5.41) is 5.88. The lowest BCUT2D eigenvalue weighted by Gasteiger charge is -2.09. The zero-order valence-corrected chi connectivity index (χ0v) is 11.4. The molecule has 1 aromatic rings. The molecule has 0 aromatic carbocycles. The number of anilines is 1. The van der Waals surface area contributed by atoms with E-state index < -0.39 is 0 Å². The number of hydrogen-bond donors (Lipinski definition) is 3. The van der Waals surface area contributed by atoms with Crippen LogP contribution in [-0.2, 0) is 4.79 Å². The van der Waals surface area contributed by atoms with Gasteiger partial charge in [0.1, 0.15) is 10.8 Å². The Morgan fingerprint density at radius 1 is 1.50 bits per heavy atom. The molecule has 0 spiro atoms. The average Bonchev–Trinajstić information content (AvgIpc) is 2.28. The van der Waals surface area contributed by atoms with Crippen molar-refractivity contribution in [3.63, 3.8) is 0 Å². The number of pyridine rings is 1. The van der Waals surface area contributed by atoms with E-state index in [2.05, 4.69) is 15.6 Å². The Kier molecular flexibility index (Phi) is 5.51. The molecule has 1 heterocycles. The van der Waals surface area contributed by atoms with Crippen LogP contribution in [0.15, 0.2) is 18.2 Å². The first-order valence-electron chi connectivity index (χ1n) is 5.79. The van der Waals surface area contributed by atoms with E-state index in [4.69, 9.17) is 18.0 Å². The maximum atomic E-state index is 11.4. The summed E-state index contributed by atoms with van der Waals surface area (Å²) in [5.41, 5.74) is 6.06. The van der Waals surface area contributed by atoms with E-state index in [1.165, 1.54) is 0 Å². The van der Waals surface area contributed by atoms with Crippen LogP contribution in [0.4, 0.5) is 5.82 Å². The van der Waals surface area contributed by atoms with E-state index in [0.717, 1.165) is 0 Å². The summed E-state index contributed by atoms with van der Waals surface area (Å²) >= 11 is 4.85. The van der Waals surface area contributed by atoms with Gasteiger partial charge in [0.25, 0.3) is 0 Å². The minimum Gasteiger partial charge on any atom is -0.388 e. The highest BCUT2D eigenvalue weighted by molar-refractivity contribution is 7.80. The number of thiocarbonyl (C=S) groups is 1. The number of rotatable bonds is 6. The second kappa shape index (κ2) is 6.90. The Morgan fingerprint density at radius 3 is 2.83 bits per heavy atom. The zero-order chi connectivity index (χ0) is 13.5. The largest absolute Gasteiger partial charge is 0.388 e. The van der Waals surface area contributed by atoms with Gasteiger partial charge in [-0.1, -0.05) is 18.3 Å². The van der Waals surface area contributed by atoms with Gasteiger partial charge in [0, 0.05) is 19.0 Å². The van der Waals surface area contributed by atoms with Crippen molar-refractivity contribution in [2.75, 3.05) is 11.9 Å². The van der Waals surface area contributed by atoms with Gasteiger partial charge in [0.15, 0.2) is 0 Å². The standard InChI is InChI=1S/C12H18N4OS/c1-8(2)15-11(17)6-7-14-10-5-3-4-9(16-10)12(13)18/h3-5,8H,6-7H2,1-2H3,(H2,13,18)(H,14,16)(H,15,17). The Hall–Kier alpha value is -1.69. The van der Waals surface area contributed by atoms with Crippen molar-refractivity contribution >= 4 is 28.9 Å². The third-order valence-electron chi connectivity index (χ3n) is 2.11. The van der Waals surface area contributed by atoms with Gasteiger partial charge in [-0.3, -0.25) is 4.79 Å². The van der Waals surface area contributed by atoms with Crippen molar-refractivity contribution in [2.24, 2.45) is 5.73 Å². The number of amides is 1. The Labute approximate surface area is 112 Å². The summed E-state index contributed by atoms with van der Waals surface area (Å²) in [7, 11) is 0.